The van der Waals surface area contributed by atoms with Crippen molar-refractivity contribution in [1.29, 1.82) is 0 Å². The Hall–Kier alpha value is -1.13. The third-order valence-corrected chi connectivity index (χ3v) is 3.31. The maximum absolute atomic E-state index is 10.6. The van der Waals surface area contributed by atoms with E-state index >= 15 is 0 Å². The average Bonchev–Trinajstić information content (AvgIpc) is 2.76. The summed E-state index contributed by atoms with van der Waals surface area (Å²) in [6, 6.07) is 4.32. The van der Waals surface area contributed by atoms with Gasteiger partial charge in [-0.2, -0.15) is 0 Å². The van der Waals surface area contributed by atoms with Crippen molar-refractivity contribution in [3.05, 3.63) is 34.5 Å². The van der Waals surface area contributed by atoms with Gasteiger partial charge in [0.2, 0.25) is 0 Å². The predicted molar refractivity (Wildman–Crippen MR) is 66.7 cm³/mol. The number of thiophene rings is 1. The minimum Gasteiger partial charge on any atom is -0.478 e. The first kappa shape index (κ1) is 12.9. The molecule has 0 aliphatic carbocycles. The molecule has 1 rings (SSSR count). The first-order valence-corrected chi connectivity index (χ1v) is 6.21. The standard InChI is InChI=1S/C12H17NO2S/c1-3-5-10(11-6-4-7-16-11)13-8-9(2)12(14)15/h4,6-7,10,13H,2-3,5,8H2,1H3,(H,14,15). The van der Waals surface area contributed by atoms with E-state index in [-0.39, 0.29) is 11.6 Å². The van der Waals surface area contributed by atoms with E-state index in [9.17, 15) is 4.79 Å². The van der Waals surface area contributed by atoms with E-state index in [1.165, 1.54) is 4.88 Å². The third kappa shape index (κ3) is 3.79. The van der Waals surface area contributed by atoms with Crippen molar-refractivity contribution in [3.63, 3.8) is 0 Å². The third-order valence-electron chi connectivity index (χ3n) is 2.33. The molecule has 0 saturated carbocycles. The van der Waals surface area contributed by atoms with Gasteiger partial charge in [0.1, 0.15) is 0 Å². The second-order valence-corrected chi connectivity index (χ2v) is 4.63. The fraction of sp³-hybridized carbons (Fsp3) is 0.417. The molecular formula is C12H17NO2S. The van der Waals surface area contributed by atoms with Crippen LogP contribution < -0.4 is 5.32 Å². The predicted octanol–water partition coefficient (Wildman–Crippen LogP) is 2.82. The number of carboxylic acids is 1. The van der Waals surface area contributed by atoms with Crippen LogP contribution in [0.4, 0.5) is 0 Å². The molecular weight excluding hydrogens is 222 g/mol. The highest BCUT2D eigenvalue weighted by molar-refractivity contribution is 7.10. The molecule has 4 heteroatoms. The van der Waals surface area contributed by atoms with Crippen LogP contribution in [-0.2, 0) is 4.79 Å². The normalized spacial score (nSPS) is 12.3. The van der Waals surface area contributed by atoms with Gasteiger partial charge in [0.25, 0.3) is 0 Å². The van der Waals surface area contributed by atoms with E-state index < -0.39 is 5.97 Å². The quantitative estimate of drug-likeness (QED) is 0.719. The zero-order chi connectivity index (χ0) is 12.0. The molecule has 1 aromatic rings. The van der Waals surface area contributed by atoms with Gasteiger partial charge in [0.15, 0.2) is 0 Å². The average molecular weight is 239 g/mol. The number of hydrogen-bond acceptors (Lipinski definition) is 3. The Morgan fingerprint density at radius 1 is 1.69 bits per heavy atom. The summed E-state index contributed by atoms with van der Waals surface area (Å²) in [5.41, 5.74) is 0.206. The van der Waals surface area contributed by atoms with Crippen LogP contribution in [0, 0.1) is 0 Å². The molecule has 0 fully saturated rings. The lowest BCUT2D eigenvalue weighted by atomic mass is 10.1. The molecule has 1 atom stereocenters. The number of hydrogen-bond donors (Lipinski definition) is 2. The molecule has 0 amide bonds. The lowest BCUT2D eigenvalue weighted by molar-refractivity contribution is -0.132. The summed E-state index contributed by atoms with van der Waals surface area (Å²) < 4.78 is 0. The van der Waals surface area contributed by atoms with Crippen molar-refractivity contribution in [2.75, 3.05) is 6.54 Å². The molecule has 0 aliphatic heterocycles. The van der Waals surface area contributed by atoms with E-state index in [0.717, 1.165) is 12.8 Å². The van der Waals surface area contributed by atoms with Crippen LogP contribution in [0.15, 0.2) is 29.7 Å². The Morgan fingerprint density at radius 2 is 2.44 bits per heavy atom. The van der Waals surface area contributed by atoms with Crippen LogP contribution >= 0.6 is 11.3 Å². The summed E-state index contributed by atoms with van der Waals surface area (Å²) in [5.74, 6) is -0.936. The maximum Gasteiger partial charge on any atom is 0.332 e. The number of carboxylic acid groups (broad SMARTS) is 1. The second kappa shape index (κ2) is 6.45. The molecule has 0 aromatic carbocycles. The Balaban J connectivity index is 2.53. The topological polar surface area (TPSA) is 49.3 Å². The zero-order valence-corrected chi connectivity index (χ0v) is 10.2. The summed E-state index contributed by atoms with van der Waals surface area (Å²) in [6.45, 7) is 5.96. The minimum atomic E-state index is -0.936. The van der Waals surface area contributed by atoms with Crippen molar-refractivity contribution in [1.82, 2.24) is 5.32 Å². The van der Waals surface area contributed by atoms with Gasteiger partial charge >= 0.3 is 5.97 Å². The van der Waals surface area contributed by atoms with Gasteiger partial charge in [-0.05, 0) is 17.9 Å². The van der Waals surface area contributed by atoms with Crippen molar-refractivity contribution in [2.45, 2.75) is 25.8 Å². The molecule has 0 bridgehead atoms. The van der Waals surface area contributed by atoms with Crippen molar-refractivity contribution in [3.8, 4) is 0 Å². The van der Waals surface area contributed by atoms with Crippen molar-refractivity contribution < 1.29 is 9.90 Å². The highest BCUT2D eigenvalue weighted by Crippen LogP contribution is 2.23. The van der Waals surface area contributed by atoms with Crippen LogP contribution in [-0.4, -0.2) is 17.6 Å². The second-order valence-electron chi connectivity index (χ2n) is 3.65. The van der Waals surface area contributed by atoms with Crippen LogP contribution in [0.3, 0.4) is 0 Å². The SMILES string of the molecule is C=C(CNC(CCC)c1cccs1)C(=O)O. The molecule has 1 aromatic heterocycles. The fourth-order valence-corrected chi connectivity index (χ4v) is 2.28. The lowest BCUT2D eigenvalue weighted by Gasteiger charge is -2.16. The van der Waals surface area contributed by atoms with Crippen LogP contribution in [0.25, 0.3) is 0 Å². The van der Waals surface area contributed by atoms with Gasteiger partial charge in [0, 0.05) is 23.0 Å². The molecule has 0 radical (unpaired) electrons. The highest BCUT2D eigenvalue weighted by atomic mass is 32.1. The van der Waals surface area contributed by atoms with E-state index in [4.69, 9.17) is 5.11 Å². The molecule has 88 valence electrons. The summed E-state index contributed by atoms with van der Waals surface area (Å²) in [4.78, 5) is 11.9. The Bertz CT molecular complexity index is 346. The maximum atomic E-state index is 10.6. The van der Waals surface area contributed by atoms with Crippen molar-refractivity contribution in [2.24, 2.45) is 0 Å². The molecule has 0 saturated heterocycles. The number of aliphatic carboxylic acids is 1. The zero-order valence-electron chi connectivity index (χ0n) is 9.40. The summed E-state index contributed by atoms with van der Waals surface area (Å²) >= 11 is 1.69. The van der Waals surface area contributed by atoms with Gasteiger partial charge in [0.05, 0.1) is 0 Å². The Kier molecular flexibility index (Phi) is 5.22. The van der Waals surface area contributed by atoms with Gasteiger partial charge in [-0.15, -0.1) is 11.3 Å². The molecule has 2 N–H and O–H groups in total. The van der Waals surface area contributed by atoms with Crippen LogP contribution in [0.5, 0.6) is 0 Å². The number of carbonyl (C=O) groups is 1. The lowest BCUT2D eigenvalue weighted by Crippen LogP contribution is -2.25. The highest BCUT2D eigenvalue weighted by Gasteiger charge is 2.12. The van der Waals surface area contributed by atoms with Gasteiger partial charge in [-0.25, -0.2) is 4.79 Å². The van der Waals surface area contributed by atoms with E-state index in [2.05, 4.69) is 24.9 Å². The Labute approximate surface area is 99.8 Å². The van der Waals surface area contributed by atoms with Gasteiger partial charge in [-0.3, -0.25) is 0 Å². The number of nitrogens with one attached hydrogen (secondary N) is 1. The fourth-order valence-electron chi connectivity index (χ4n) is 1.45. The molecule has 1 unspecified atom stereocenters. The largest absolute Gasteiger partial charge is 0.478 e. The minimum absolute atomic E-state index is 0.206. The molecule has 1 heterocycles. The van der Waals surface area contributed by atoms with Crippen molar-refractivity contribution >= 4 is 17.3 Å². The van der Waals surface area contributed by atoms with Gasteiger partial charge < -0.3 is 10.4 Å². The van der Waals surface area contributed by atoms with Crippen LogP contribution in [0.1, 0.15) is 30.7 Å². The molecule has 0 spiro atoms. The molecule has 16 heavy (non-hydrogen) atoms. The van der Waals surface area contributed by atoms with E-state index in [1.54, 1.807) is 11.3 Å². The van der Waals surface area contributed by atoms with E-state index in [1.807, 2.05) is 11.4 Å². The number of rotatable bonds is 7. The molecule has 3 nitrogen and oxygen atoms in total. The summed E-state index contributed by atoms with van der Waals surface area (Å²) in [7, 11) is 0. The van der Waals surface area contributed by atoms with E-state index in [0.29, 0.717) is 6.54 Å². The first-order chi connectivity index (χ1) is 7.65. The smallest absolute Gasteiger partial charge is 0.332 e. The first-order valence-electron chi connectivity index (χ1n) is 5.33. The Morgan fingerprint density at radius 3 is 2.94 bits per heavy atom. The van der Waals surface area contributed by atoms with Gasteiger partial charge in [-0.1, -0.05) is 26.0 Å². The summed E-state index contributed by atoms with van der Waals surface area (Å²) in [5, 5.41) is 14.0. The molecule has 0 aliphatic rings. The van der Waals surface area contributed by atoms with Crippen LogP contribution in [0.2, 0.25) is 0 Å². The monoisotopic (exact) mass is 239 g/mol. The summed E-state index contributed by atoms with van der Waals surface area (Å²) in [6.07, 6.45) is 2.07.